The van der Waals surface area contributed by atoms with Gasteiger partial charge in [0.2, 0.25) is 0 Å². The molecule has 6 rings (SSSR count). The molecule has 2 aliphatic rings. The third-order valence-electron chi connectivity index (χ3n) is 7.66. The summed E-state index contributed by atoms with van der Waals surface area (Å²) in [6.45, 7) is 7.97. The maximum atomic E-state index is 13.5. The van der Waals surface area contributed by atoms with Crippen LogP contribution in [0.5, 0.6) is 11.5 Å². The Morgan fingerprint density at radius 3 is 2.32 bits per heavy atom. The second-order valence-electron chi connectivity index (χ2n) is 11.5. The fraction of sp³-hybridized carbons (Fsp3) is 0.344. The number of rotatable bonds is 5. The van der Waals surface area contributed by atoms with Crippen molar-refractivity contribution in [3.63, 3.8) is 0 Å². The maximum absolute atomic E-state index is 13.5. The molecular weight excluding hydrogens is 563 g/mol. The van der Waals surface area contributed by atoms with E-state index >= 15 is 0 Å². The number of ether oxygens (including phenoxy) is 4. The largest absolute Gasteiger partial charge is 0.493 e. The minimum Gasteiger partial charge on any atom is -0.493 e. The zero-order valence-corrected chi connectivity index (χ0v) is 24.7. The van der Waals surface area contributed by atoms with E-state index in [1.54, 1.807) is 29.2 Å². The first-order chi connectivity index (χ1) is 19.6. The molecule has 0 bridgehead atoms. The van der Waals surface area contributed by atoms with E-state index in [9.17, 15) is 4.79 Å². The van der Waals surface area contributed by atoms with Gasteiger partial charge in [0.25, 0.3) is 0 Å². The van der Waals surface area contributed by atoms with E-state index in [0.29, 0.717) is 48.6 Å². The number of H-pyrrole nitrogens is 1. The van der Waals surface area contributed by atoms with Crippen LogP contribution in [0, 0.1) is 5.41 Å². The van der Waals surface area contributed by atoms with Crippen LogP contribution in [0.25, 0.3) is 10.9 Å². The van der Waals surface area contributed by atoms with E-state index in [0.717, 1.165) is 33.5 Å². The lowest BCUT2D eigenvalue weighted by atomic mass is 9.92. The molecule has 41 heavy (non-hydrogen) atoms. The lowest BCUT2D eigenvalue weighted by molar-refractivity contribution is -0.285. The molecule has 2 aliphatic heterocycles. The van der Waals surface area contributed by atoms with Crippen molar-refractivity contribution in [3.8, 4) is 11.5 Å². The Morgan fingerprint density at radius 1 is 0.951 bits per heavy atom. The number of fused-ring (bicyclic) bond motifs is 3. The summed E-state index contributed by atoms with van der Waals surface area (Å²) < 4.78 is 23.6. The molecule has 9 heteroatoms. The van der Waals surface area contributed by atoms with Crippen LogP contribution >= 0.6 is 23.2 Å². The number of aromatic nitrogens is 1. The zero-order valence-electron chi connectivity index (χ0n) is 23.2. The number of hydrogen-bond donors (Lipinski definition) is 1. The van der Waals surface area contributed by atoms with Gasteiger partial charge in [-0.3, -0.25) is 4.90 Å². The quantitative estimate of drug-likeness (QED) is 0.255. The molecule has 7 nitrogen and oxygen atoms in total. The highest BCUT2D eigenvalue weighted by Gasteiger charge is 2.38. The Hall–Kier alpha value is -3.23. The SMILES string of the molecule is CC1(COc2ccc([C@H]3c4[nH]c5ccc(Cl)cc5c4CCN3C(=O)Oc3ccc(Cl)cc3)cc2)COC(C)(C)OC1. The van der Waals surface area contributed by atoms with Crippen molar-refractivity contribution in [2.75, 3.05) is 26.4 Å². The van der Waals surface area contributed by atoms with Crippen LogP contribution in [0.15, 0.2) is 66.7 Å². The Kier molecular flexibility index (Phi) is 7.41. The monoisotopic (exact) mass is 594 g/mol. The van der Waals surface area contributed by atoms with Crippen LogP contribution in [-0.4, -0.2) is 48.1 Å². The van der Waals surface area contributed by atoms with E-state index in [2.05, 4.69) is 11.9 Å². The molecular formula is C32H32Cl2N2O5. The highest BCUT2D eigenvalue weighted by atomic mass is 35.5. The molecule has 0 aliphatic carbocycles. The summed E-state index contributed by atoms with van der Waals surface area (Å²) in [5.74, 6) is 0.590. The predicted octanol–water partition coefficient (Wildman–Crippen LogP) is 7.79. The van der Waals surface area contributed by atoms with Crippen LogP contribution < -0.4 is 9.47 Å². The van der Waals surface area contributed by atoms with Gasteiger partial charge >= 0.3 is 6.09 Å². The smallest absolute Gasteiger partial charge is 0.416 e. The van der Waals surface area contributed by atoms with Gasteiger partial charge in [-0.25, -0.2) is 4.79 Å². The minimum atomic E-state index is -0.575. The topological polar surface area (TPSA) is 73.0 Å². The summed E-state index contributed by atoms with van der Waals surface area (Å²) >= 11 is 12.4. The molecule has 4 aromatic rings. The standard InChI is InChI=1S/C32H32Cl2N2O5/c1-31(2)39-18-32(3,19-40-31)17-38-23-9-4-20(5-10-23)29-28-25(26-16-22(34)8-13-27(26)35-28)14-15-36(29)30(37)41-24-11-6-21(33)7-12-24/h4-13,16,29,35H,14-15,17-19H2,1-3H3/t29-/m0/s1. The van der Waals surface area contributed by atoms with E-state index in [1.807, 2.05) is 56.3 Å². The van der Waals surface area contributed by atoms with E-state index < -0.39 is 17.9 Å². The molecule has 1 atom stereocenters. The molecule has 3 heterocycles. The van der Waals surface area contributed by atoms with Crippen molar-refractivity contribution in [2.24, 2.45) is 5.41 Å². The first-order valence-corrected chi connectivity index (χ1v) is 14.4. The number of benzene rings is 3. The van der Waals surface area contributed by atoms with Crippen LogP contribution in [0.1, 0.15) is 43.6 Å². The second-order valence-corrected chi connectivity index (χ2v) is 12.4. The number of halogens is 2. The number of nitrogens with one attached hydrogen (secondary N) is 1. The van der Waals surface area contributed by atoms with Gasteiger partial charge in [-0.05, 0) is 86.0 Å². The molecule has 0 radical (unpaired) electrons. The molecule has 0 saturated carbocycles. The van der Waals surface area contributed by atoms with Gasteiger partial charge in [-0.1, -0.05) is 42.3 Å². The number of nitrogens with zero attached hydrogens (tertiary/aromatic N) is 1. The van der Waals surface area contributed by atoms with Crippen molar-refractivity contribution in [1.29, 1.82) is 0 Å². The lowest BCUT2D eigenvalue weighted by Crippen LogP contribution is -2.47. The van der Waals surface area contributed by atoms with Gasteiger partial charge in [0.05, 0.1) is 19.8 Å². The highest BCUT2D eigenvalue weighted by molar-refractivity contribution is 6.31. The molecule has 0 unspecified atom stereocenters. The number of carbonyl (C=O) groups excluding carboxylic acids is 1. The van der Waals surface area contributed by atoms with Crippen LogP contribution in [0.2, 0.25) is 10.0 Å². The third kappa shape index (κ3) is 5.90. The van der Waals surface area contributed by atoms with Crippen molar-refractivity contribution < 1.29 is 23.7 Å². The average molecular weight is 596 g/mol. The number of aromatic amines is 1. The van der Waals surface area contributed by atoms with Gasteiger partial charge in [0, 0.05) is 38.6 Å². The Labute approximate surface area is 249 Å². The molecule has 1 N–H and O–H groups in total. The van der Waals surface area contributed by atoms with E-state index in [-0.39, 0.29) is 5.41 Å². The van der Waals surface area contributed by atoms with E-state index in [1.165, 1.54) is 0 Å². The van der Waals surface area contributed by atoms with Gasteiger partial charge < -0.3 is 23.9 Å². The van der Waals surface area contributed by atoms with Crippen molar-refractivity contribution in [2.45, 2.75) is 39.0 Å². The first kappa shape index (κ1) is 27.9. The summed E-state index contributed by atoms with van der Waals surface area (Å²) in [5.41, 5.74) is 3.76. The van der Waals surface area contributed by atoms with E-state index in [4.69, 9.17) is 42.1 Å². The van der Waals surface area contributed by atoms with Crippen molar-refractivity contribution in [3.05, 3.63) is 93.6 Å². The first-order valence-electron chi connectivity index (χ1n) is 13.6. The molecule has 214 valence electrons. The van der Waals surface area contributed by atoms with Crippen molar-refractivity contribution in [1.82, 2.24) is 9.88 Å². The summed E-state index contributed by atoms with van der Waals surface area (Å²) in [7, 11) is 0. The minimum absolute atomic E-state index is 0.250. The summed E-state index contributed by atoms with van der Waals surface area (Å²) in [6.07, 6.45) is 0.232. The number of hydrogen-bond acceptors (Lipinski definition) is 5. The Morgan fingerprint density at radius 2 is 1.61 bits per heavy atom. The zero-order chi connectivity index (χ0) is 28.8. The van der Waals surface area contributed by atoms with Crippen molar-refractivity contribution >= 4 is 40.2 Å². The molecule has 1 amide bonds. The van der Waals surface area contributed by atoms with Crippen LogP contribution in [0.3, 0.4) is 0 Å². The normalized spacial score (nSPS) is 19.5. The second kappa shape index (κ2) is 10.9. The summed E-state index contributed by atoms with van der Waals surface area (Å²) in [5, 5.41) is 2.31. The Balaban J connectivity index is 1.27. The van der Waals surface area contributed by atoms with Gasteiger partial charge in [0.15, 0.2) is 5.79 Å². The third-order valence-corrected chi connectivity index (χ3v) is 8.15. The van der Waals surface area contributed by atoms with Gasteiger partial charge in [0.1, 0.15) is 17.5 Å². The van der Waals surface area contributed by atoms with Crippen LogP contribution in [0.4, 0.5) is 4.79 Å². The van der Waals surface area contributed by atoms with Crippen LogP contribution in [-0.2, 0) is 15.9 Å². The molecule has 3 aromatic carbocycles. The maximum Gasteiger partial charge on any atom is 0.416 e. The lowest BCUT2D eigenvalue weighted by Gasteiger charge is -2.41. The Bertz CT molecular complexity index is 1560. The molecule has 1 aromatic heterocycles. The summed E-state index contributed by atoms with van der Waals surface area (Å²) in [4.78, 5) is 18.8. The number of amides is 1. The van der Waals surface area contributed by atoms with Gasteiger partial charge in [-0.15, -0.1) is 0 Å². The fourth-order valence-corrected chi connectivity index (χ4v) is 5.63. The fourth-order valence-electron chi connectivity index (χ4n) is 5.33. The highest BCUT2D eigenvalue weighted by Crippen LogP contribution is 2.40. The molecule has 1 saturated heterocycles. The number of carbonyl (C=O) groups is 1. The molecule has 0 spiro atoms. The molecule has 1 fully saturated rings. The summed E-state index contributed by atoms with van der Waals surface area (Å²) in [6, 6.07) is 20.0. The predicted molar refractivity (Wildman–Crippen MR) is 159 cm³/mol. The average Bonchev–Trinajstić information content (AvgIpc) is 3.33. The van der Waals surface area contributed by atoms with Gasteiger partial charge in [-0.2, -0.15) is 0 Å².